The van der Waals surface area contributed by atoms with Crippen LogP contribution in [0, 0.1) is 17.8 Å². The van der Waals surface area contributed by atoms with Gasteiger partial charge in [-0.05, 0) is 25.2 Å². The van der Waals surface area contributed by atoms with E-state index in [1.807, 2.05) is 4.90 Å². The molecule has 2 amide bonds. The van der Waals surface area contributed by atoms with E-state index in [2.05, 4.69) is 51.8 Å². The van der Waals surface area contributed by atoms with Gasteiger partial charge in [0.25, 0.3) is 0 Å². The first kappa shape index (κ1) is 32.0. The number of nitrogens with one attached hydrogen (secondary N) is 1. The van der Waals surface area contributed by atoms with E-state index < -0.39 is 5.79 Å². The van der Waals surface area contributed by atoms with Crippen LogP contribution in [0.4, 0.5) is 0 Å². The topological polar surface area (TPSA) is 83.6 Å². The number of amides is 2. The highest BCUT2D eigenvalue weighted by molar-refractivity contribution is 5.80. The maximum absolute atomic E-state index is 12.8. The number of ether oxygens (including phenoxy) is 3. The van der Waals surface area contributed by atoms with Crippen molar-refractivity contribution in [2.75, 3.05) is 78.8 Å². The molecule has 3 heterocycles. The number of hydrogen-bond donors (Lipinski definition) is 1. The lowest BCUT2D eigenvalue weighted by Gasteiger charge is -2.46. The van der Waals surface area contributed by atoms with Gasteiger partial charge in [-0.2, -0.15) is 0 Å². The number of hydrogen-bond acceptors (Lipinski definition) is 7. The SMILES string of the molecule is CC(C)C.CC(C)CC(C)NCCN(C=O)CC(=O)N1CCC2(CC1)OCC(CN1CCOCC1)CO2. The van der Waals surface area contributed by atoms with Crippen molar-refractivity contribution < 1.29 is 23.8 Å². The molecular formula is C28H54N4O5. The highest BCUT2D eigenvalue weighted by Crippen LogP contribution is 2.32. The standard InChI is InChI=1S/C24H44N4O5.C4H10/c1-20(2)14-21(3)25-6-9-27(19-29)16-23(30)28-7-4-24(5-8-28)32-17-22(18-33-24)15-26-10-12-31-13-11-26;1-4(2)3/h19-22,25H,4-18H2,1-3H3;4H,1-3H3. The number of carbonyl (C=O) groups excluding carboxylic acids is 2. The number of rotatable bonds is 11. The van der Waals surface area contributed by atoms with Crippen LogP contribution in [0.2, 0.25) is 0 Å². The number of morpholine rings is 1. The number of nitrogens with zero attached hydrogens (tertiary/aromatic N) is 3. The monoisotopic (exact) mass is 526 g/mol. The zero-order valence-electron chi connectivity index (χ0n) is 24.4. The van der Waals surface area contributed by atoms with Crippen molar-refractivity contribution in [1.82, 2.24) is 20.0 Å². The van der Waals surface area contributed by atoms with E-state index in [1.54, 1.807) is 4.90 Å². The van der Waals surface area contributed by atoms with Gasteiger partial charge in [0.05, 0.1) is 33.0 Å². The van der Waals surface area contributed by atoms with Crippen molar-refractivity contribution in [3.63, 3.8) is 0 Å². The lowest BCUT2D eigenvalue weighted by molar-refractivity contribution is -0.298. The van der Waals surface area contributed by atoms with Gasteiger partial charge in [-0.1, -0.05) is 34.6 Å². The minimum atomic E-state index is -0.556. The molecule has 3 rings (SSSR count). The second-order valence-electron chi connectivity index (χ2n) is 12.0. The van der Waals surface area contributed by atoms with Crippen molar-refractivity contribution in [1.29, 1.82) is 0 Å². The molecule has 1 unspecified atom stereocenters. The average Bonchev–Trinajstić information content (AvgIpc) is 2.85. The van der Waals surface area contributed by atoms with Gasteiger partial charge in [0.2, 0.25) is 12.3 Å². The van der Waals surface area contributed by atoms with E-state index in [4.69, 9.17) is 14.2 Å². The normalized spacial score (nSPS) is 21.6. The summed E-state index contributed by atoms with van der Waals surface area (Å²) in [6, 6.07) is 0.399. The van der Waals surface area contributed by atoms with Crippen molar-refractivity contribution in [2.24, 2.45) is 17.8 Å². The number of piperidine rings is 1. The zero-order chi connectivity index (χ0) is 27.3. The van der Waals surface area contributed by atoms with E-state index in [9.17, 15) is 9.59 Å². The van der Waals surface area contributed by atoms with Crippen LogP contribution < -0.4 is 5.32 Å². The van der Waals surface area contributed by atoms with Gasteiger partial charge in [0, 0.05) is 70.6 Å². The Bertz CT molecular complexity index is 636. The fourth-order valence-corrected chi connectivity index (χ4v) is 4.96. The van der Waals surface area contributed by atoms with Gasteiger partial charge in [0.1, 0.15) is 0 Å². The molecule has 3 aliphatic heterocycles. The Balaban J connectivity index is 0.00000112. The van der Waals surface area contributed by atoms with Crippen molar-refractivity contribution in [2.45, 2.75) is 72.6 Å². The van der Waals surface area contributed by atoms with Crippen LogP contribution in [0.15, 0.2) is 0 Å². The number of carbonyl (C=O) groups is 2. The molecule has 3 saturated heterocycles. The first-order chi connectivity index (χ1) is 17.6. The smallest absolute Gasteiger partial charge is 0.242 e. The second kappa shape index (κ2) is 16.6. The molecule has 0 saturated carbocycles. The zero-order valence-corrected chi connectivity index (χ0v) is 24.4. The van der Waals surface area contributed by atoms with Crippen molar-refractivity contribution in [3.8, 4) is 0 Å². The summed E-state index contributed by atoms with van der Waals surface area (Å²) < 4.78 is 17.8. The summed E-state index contributed by atoms with van der Waals surface area (Å²) in [6.07, 6.45) is 3.23. The van der Waals surface area contributed by atoms with Crippen molar-refractivity contribution in [3.05, 3.63) is 0 Å². The second-order valence-corrected chi connectivity index (χ2v) is 12.0. The maximum Gasteiger partial charge on any atom is 0.242 e. The van der Waals surface area contributed by atoms with Crippen LogP contribution in [0.1, 0.15) is 60.8 Å². The average molecular weight is 527 g/mol. The van der Waals surface area contributed by atoms with Crippen LogP contribution in [0.3, 0.4) is 0 Å². The molecule has 3 fully saturated rings. The number of likely N-dealkylation sites (tertiary alicyclic amines) is 1. The largest absolute Gasteiger partial charge is 0.379 e. The summed E-state index contributed by atoms with van der Waals surface area (Å²) in [6.45, 7) is 21.5. The van der Waals surface area contributed by atoms with E-state index in [0.29, 0.717) is 70.1 Å². The summed E-state index contributed by atoms with van der Waals surface area (Å²) in [4.78, 5) is 30.0. The molecule has 1 atom stereocenters. The van der Waals surface area contributed by atoms with Gasteiger partial charge >= 0.3 is 0 Å². The molecule has 3 aliphatic rings. The first-order valence-corrected chi connectivity index (χ1v) is 14.4. The Morgan fingerprint density at radius 3 is 2.16 bits per heavy atom. The van der Waals surface area contributed by atoms with Crippen LogP contribution in [-0.2, 0) is 23.8 Å². The molecule has 0 aromatic heterocycles. The summed E-state index contributed by atoms with van der Waals surface area (Å²) in [7, 11) is 0. The summed E-state index contributed by atoms with van der Waals surface area (Å²) in [5.74, 6) is 1.28. The van der Waals surface area contributed by atoms with E-state index in [1.165, 1.54) is 0 Å². The van der Waals surface area contributed by atoms with Gasteiger partial charge in [-0.25, -0.2) is 0 Å². The predicted octanol–water partition coefficient (Wildman–Crippen LogP) is 2.45. The van der Waals surface area contributed by atoms with E-state index >= 15 is 0 Å². The Hall–Kier alpha value is -1.26. The molecular weight excluding hydrogens is 472 g/mol. The molecule has 9 heteroatoms. The molecule has 1 N–H and O–H groups in total. The molecule has 0 radical (unpaired) electrons. The van der Waals surface area contributed by atoms with Crippen LogP contribution in [0.5, 0.6) is 0 Å². The Morgan fingerprint density at radius 2 is 1.62 bits per heavy atom. The molecule has 216 valence electrons. The van der Waals surface area contributed by atoms with Gasteiger partial charge in [-0.3, -0.25) is 14.5 Å². The van der Waals surface area contributed by atoms with Crippen LogP contribution in [-0.4, -0.2) is 118 Å². The van der Waals surface area contributed by atoms with Crippen LogP contribution >= 0.6 is 0 Å². The molecule has 0 bridgehead atoms. The molecule has 0 aromatic carbocycles. The minimum Gasteiger partial charge on any atom is -0.379 e. The molecule has 37 heavy (non-hydrogen) atoms. The molecule has 0 aromatic rings. The lowest BCUT2D eigenvalue weighted by Crippen LogP contribution is -2.55. The minimum absolute atomic E-state index is 0.00631. The van der Waals surface area contributed by atoms with Gasteiger partial charge in [0.15, 0.2) is 5.79 Å². The van der Waals surface area contributed by atoms with Crippen LogP contribution in [0.25, 0.3) is 0 Å². The fraction of sp³-hybridized carbons (Fsp3) is 0.929. The summed E-state index contributed by atoms with van der Waals surface area (Å²) >= 11 is 0. The van der Waals surface area contributed by atoms with E-state index in [-0.39, 0.29) is 12.5 Å². The van der Waals surface area contributed by atoms with E-state index in [0.717, 1.165) is 51.6 Å². The summed E-state index contributed by atoms with van der Waals surface area (Å²) in [5, 5.41) is 3.43. The molecule has 1 spiro atoms. The quantitative estimate of drug-likeness (QED) is 0.414. The Kier molecular flexibility index (Phi) is 14.4. The van der Waals surface area contributed by atoms with Gasteiger partial charge < -0.3 is 29.3 Å². The predicted molar refractivity (Wildman–Crippen MR) is 146 cm³/mol. The maximum atomic E-state index is 12.8. The molecule has 0 aliphatic carbocycles. The molecule has 9 nitrogen and oxygen atoms in total. The Morgan fingerprint density at radius 1 is 1.03 bits per heavy atom. The third kappa shape index (κ3) is 12.4. The third-order valence-corrected chi connectivity index (χ3v) is 6.87. The fourth-order valence-electron chi connectivity index (χ4n) is 4.96. The highest BCUT2D eigenvalue weighted by atomic mass is 16.7. The Labute approximate surface area is 225 Å². The lowest BCUT2D eigenvalue weighted by atomic mass is 10.0. The third-order valence-electron chi connectivity index (χ3n) is 6.87. The van der Waals surface area contributed by atoms with Gasteiger partial charge in [-0.15, -0.1) is 0 Å². The van der Waals surface area contributed by atoms with Crippen molar-refractivity contribution >= 4 is 12.3 Å². The highest BCUT2D eigenvalue weighted by Gasteiger charge is 2.41. The summed E-state index contributed by atoms with van der Waals surface area (Å²) in [5.41, 5.74) is 0. The first-order valence-electron chi connectivity index (χ1n) is 14.4.